The van der Waals surface area contributed by atoms with Crippen LogP contribution >= 0.6 is 27.5 Å². The first-order valence-corrected chi connectivity index (χ1v) is 5.40. The third kappa shape index (κ3) is 2.95. The van der Waals surface area contributed by atoms with Crippen LogP contribution < -0.4 is 0 Å². The monoisotopic (exact) mass is 287 g/mol. The molecule has 78 valence electrons. The van der Waals surface area contributed by atoms with Crippen molar-refractivity contribution in [1.29, 1.82) is 5.26 Å². The molecule has 0 aromatic heterocycles. The highest BCUT2D eigenvalue weighted by atomic mass is 79.9. The third-order valence-electron chi connectivity index (χ3n) is 1.86. The number of halogens is 2. The Morgan fingerprint density at radius 3 is 2.60 bits per heavy atom. The van der Waals surface area contributed by atoms with E-state index in [1.165, 1.54) is 0 Å². The molecule has 0 spiro atoms. The maximum Gasteiger partial charge on any atom is 0.307 e. The Kier molecular flexibility index (Phi) is 4.13. The first-order valence-electron chi connectivity index (χ1n) is 4.07. The van der Waals surface area contributed by atoms with Gasteiger partial charge in [-0.2, -0.15) is 5.26 Å². The van der Waals surface area contributed by atoms with E-state index in [1.807, 2.05) is 6.07 Å². The topological polar surface area (TPSA) is 61.1 Å². The molecule has 0 aliphatic rings. The standard InChI is InChI=1S/C10H7BrClNO2/c11-8-1-6(3-10(14)15)9(5-13)7(2-8)4-12/h1-2H,3-4H2,(H,14,15). The number of nitriles is 1. The van der Waals surface area contributed by atoms with Gasteiger partial charge in [-0.05, 0) is 23.3 Å². The summed E-state index contributed by atoms with van der Waals surface area (Å²) in [6, 6.07) is 5.33. The van der Waals surface area contributed by atoms with Crippen molar-refractivity contribution in [1.82, 2.24) is 0 Å². The zero-order valence-corrected chi connectivity index (χ0v) is 9.97. The van der Waals surface area contributed by atoms with Gasteiger partial charge in [0.05, 0.1) is 18.1 Å². The Balaban J connectivity index is 3.30. The van der Waals surface area contributed by atoms with Crippen molar-refractivity contribution >= 4 is 33.5 Å². The molecule has 0 aliphatic carbocycles. The zero-order valence-electron chi connectivity index (χ0n) is 7.63. The number of rotatable bonds is 3. The summed E-state index contributed by atoms with van der Waals surface area (Å²) in [6.45, 7) is 0. The van der Waals surface area contributed by atoms with E-state index in [9.17, 15) is 4.79 Å². The van der Waals surface area contributed by atoms with Crippen LogP contribution in [0.3, 0.4) is 0 Å². The van der Waals surface area contributed by atoms with Gasteiger partial charge in [0.15, 0.2) is 0 Å². The number of nitrogens with zero attached hydrogens (tertiary/aromatic N) is 1. The molecular weight excluding hydrogens is 281 g/mol. The highest BCUT2D eigenvalue weighted by Crippen LogP contribution is 2.23. The van der Waals surface area contributed by atoms with Crippen molar-refractivity contribution in [3.63, 3.8) is 0 Å². The van der Waals surface area contributed by atoms with Gasteiger partial charge >= 0.3 is 5.97 Å². The van der Waals surface area contributed by atoms with Gasteiger partial charge in [0.25, 0.3) is 0 Å². The highest BCUT2D eigenvalue weighted by molar-refractivity contribution is 9.10. The van der Waals surface area contributed by atoms with Crippen LogP contribution in [0.15, 0.2) is 16.6 Å². The molecule has 0 radical (unpaired) electrons. The third-order valence-corrected chi connectivity index (χ3v) is 2.61. The summed E-state index contributed by atoms with van der Waals surface area (Å²) in [5.74, 6) is -0.778. The van der Waals surface area contributed by atoms with Gasteiger partial charge in [-0.3, -0.25) is 4.79 Å². The lowest BCUT2D eigenvalue weighted by atomic mass is 10.0. The van der Waals surface area contributed by atoms with Crippen molar-refractivity contribution in [2.75, 3.05) is 0 Å². The Labute approximate surface area is 100 Å². The Morgan fingerprint density at radius 1 is 1.53 bits per heavy atom. The number of alkyl halides is 1. The molecule has 0 fully saturated rings. The van der Waals surface area contributed by atoms with Crippen molar-refractivity contribution in [2.45, 2.75) is 12.3 Å². The quantitative estimate of drug-likeness (QED) is 0.870. The van der Waals surface area contributed by atoms with Crippen molar-refractivity contribution in [3.8, 4) is 6.07 Å². The molecule has 1 N–H and O–H groups in total. The van der Waals surface area contributed by atoms with E-state index in [0.29, 0.717) is 16.7 Å². The first-order chi connectivity index (χ1) is 7.08. The summed E-state index contributed by atoms with van der Waals surface area (Å²) in [6.07, 6.45) is -0.174. The lowest BCUT2D eigenvalue weighted by Crippen LogP contribution is -2.04. The smallest absolute Gasteiger partial charge is 0.307 e. The molecule has 15 heavy (non-hydrogen) atoms. The van der Waals surface area contributed by atoms with Crippen molar-refractivity contribution < 1.29 is 9.90 Å². The highest BCUT2D eigenvalue weighted by Gasteiger charge is 2.12. The summed E-state index contributed by atoms with van der Waals surface area (Å²) in [4.78, 5) is 10.6. The number of carboxylic acids is 1. The SMILES string of the molecule is N#Cc1c(CCl)cc(Br)cc1CC(=O)O. The average molecular weight is 289 g/mol. The van der Waals surface area contributed by atoms with Crippen LogP contribution in [0, 0.1) is 11.3 Å². The molecule has 5 heteroatoms. The predicted octanol–water partition coefficient (Wildman–Crippen LogP) is 2.69. The van der Waals surface area contributed by atoms with Crippen LogP contribution in [0.2, 0.25) is 0 Å². The number of carboxylic acid groups (broad SMARTS) is 1. The van der Waals surface area contributed by atoms with E-state index < -0.39 is 5.97 Å². The molecule has 1 aromatic carbocycles. The fourth-order valence-electron chi connectivity index (χ4n) is 1.28. The normalized spacial score (nSPS) is 9.67. The Morgan fingerprint density at radius 2 is 2.13 bits per heavy atom. The number of carbonyl (C=O) groups is 1. The minimum atomic E-state index is -0.967. The van der Waals surface area contributed by atoms with Crippen LogP contribution in [0.25, 0.3) is 0 Å². The zero-order chi connectivity index (χ0) is 11.4. The largest absolute Gasteiger partial charge is 0.481 e. The van der Waals surface area contributed by atoms with Crippen LogP contribution in [0.1, 0.15) is 16.7 Å². The molecule has 0 heterocycles. The summed E-state index contributed by atoms with van der Waals surface area (Å²) in [5.41, 5.74) is 1.48. The Hall–Kier alpha value is -1.05. The number of hydrogen-bond donors (Lipinski definition) is 1. The van der Waals surface area contributed by atoms with Gasteiger partial charge in [0.1, 0.15) is 0 Å². The first kappa shape index (κ1) is 12.0. The second kappa shape index (κ2) is 5.15. The molecule has 1 rings (SSSR count). The molecule has 0 saturated heterocycles. The average Bonchev–Trinajstić information content (AvgIpc) is 2.15. The predicted molar refractivity (Wildman–Crippen MR) is 59.8 cm³/mol. The summed E-state index contributed by atoms with van der Waals surface area (Å²) >= 11 is 8.92. The van der Waals surface area contributed by atoms with Gasteiger partial charge in [0, 0.05) is 10.4 Å². The fourth-order valence-corrected chi connectivity index (χ4v) is 2.04. The minimum Gasteiger partial charge on any atom is -0.481 e. The lowest BCUT2D eigenvalue weighted by Gasteiger charge is -2.06. The maximum atomic E-state index is 10.6. The summed E-state index contributed by atoms with van der Waals surface area (Å²) < 4.78 is 0.730. The van der Waals surface area contributed by atoms with E-state index in [-0.39, 0.29) is 12.3 Å². The van der Waals surface area contributed by atoms with E-state index in [0.717, 1.165) is 4.47 Å². The van der Waals surface area contributed by atoms with E-state index >= 15 is 0 Å². The second-order valence-electron chi connectivity index (χ2n) is 2.91. The summed E-state index contributed by atoms with van der Waals surface area (Å²) in [7, 11) is 0. The molecular formula is C10H7BrClNO2. The van der Waals surface area contributed by atoms with Crippen molar-refractivity contribution in [2.24, 2.45) is 0 Å². The molecule has 0 aliphatic heterocycles. The molecule has 0 atom stereocenters. The Bertz CT molecular complexity index is 440. The van der Waals surface area contributed by atoms with Gasteiger partial charge in [-0.25, -0.2) is 0 Å². The number of aliphatic carboxylic acids is 1. The van der Waals surface area contributed by atoms with Crippen LogP contribution in [0.4, 0.5) is 0 Å². The molecule has 3 nitrogen and oxygen atoms in total. The molecule has 0 saturated carbocycles. The van der Waals surface area contributed by atoms with Crippen molar-refractivity contribution in [3.05, 3.63) is 33.3 Å². The summed E-state index contributed by atoms with van der Waals surface area (Å²) in [5, 5.41) is 17.6. The van der Waals surface area contributed by atoms with E-state index in [2.05, 4.69) is 15.9 Å². The number of hydrogen-bond acceptors (Lipinski definition) is 2. The minimum absolute atomic E-state index is 0.174. The molecule has 0 unspecified atom stereocenters. The van der Waals surface area contributed by atoms with E-state index in [4.69, 9.17) is 22.0 Å². The molecule has 0 amide bonds. The van der Waals surface area contributed by atoms with E-state index in [1.54, 1.807) is 12.1 Å². The number of benzene rings is 1. The van der Waals surface area contributed by atoms with Crippen LogP contribution in [-0.2, 0) is 17.1 Å². The van der Waals surface area contributed by atoms with Gasteiger partial charge < -0.3 is 5.11 Å². The fraction of sp³-hybridized carbons (Fsp3) is 0.200. The molecule has 0 bridgehead atoms. The second-order valence-corrected chi connectivity index (χ2v) is 4.10. The van der Waals surface area contributed by atoms with Gasteiger partial charge in [-0.1, -0.05) is 15.9 Å². The molecule has 1 aromatic rings. The lowest BCUT2D eigenvalue weighted by molar-refractivity contribution is -0.136. The van der Waals surface area contributed by atoms with Gasteiger partial charge in [0.2, 0.25) is 0 Å². The maximum absolute atomic E-state index is 10.6. The van der Waals surface area contributed by atoms with Gasteiger partial charge in [-0.15, -0.1) is 11.6 Å². The van der Waals surface area contributed by atoms with Crippen LogP contribution in [0.5, 0.6) is 0 Å². The van der Waals surface area contributed by atoms with Crippen LogP contribution in [-0.4, -0.2) is 11.1 Å².